The standard InChI is InChI=1S/C18H18N2O/c1-15-7-5-6-10-18(15)21-14-13-20-12-11-17(19-20)16-8-3-2-4-9-16/h2-12H,13-14H2,1H3. The first-order valence-corrected chi connectivity index (χ1v) is 7.10. The molecule has 0 fully saturated rings. The molecule has 0 amide bonds. The molecule has 0 atom stereocenters. The summed E-state index contributed by atoms with van der Waals surface area (Å²) in [7, 11) is 0. The number of hydrogen-bond acceptors (Lipinski definition) is 2. The lowest BCUT2D eigenvalue weighted by atomic mass is 10.2. The topological polar surface area (TPSA) is 27.1 Å². The Morgan fingerprint density at radius 2 is 1.71 bits per heavy atom. The molecule has 21 heavy (non-hydrogen) atoms. The van der Waals surface area contributed by atoms with Gasteiger partial charge in [0.2, 0.25) is 0 Å². The monoisotopic (exact) mass is 278 g/mol. The van der Waals surface area contributed by atoms with E-state index in [9.17, 15) is 0 Å². The van der Waals surface area contributed by atoms with Crippen molar-refractivity contribution in [3.8, 4) is 17.0 Å². The van der Waals surface area contributed by atoms with Gasteiger partial charge in [-0.15, -0.1) is 0 Å². The smallest absolute Gasteiger partial charge is 0.122 e. The molecule has 0 saturated heterocycles. The highest BCUT2D eigenvalue weighted by Crippen LogP contribution is 2.17. The van der Waals surface area contributed by atoms with Gasteiger partial charge in [-0.3, -0.25) is 4.68 Å². The Morgan fingerprint density at radius 3 is 2.52 bits per heavy atom. The summed E-state index contributed by atoms with van der Waals surface area (Å²) in [5.41, 5.74) is 3.28. The molecule has 3 nitrogen and oxygen atoms in total. The third-order valence-electron chi connectivity index (χ3n) is 3.38. The highest BCUT2D eigenvalue weighted by molar-refractivity contribution is 5.57. The lowest BCUT2D eigenvalue weighted by molar-refractivity contribution is 0.289. The van der Waals surface area contributed by atoms with Crippen molar-refractivity contribution in [3.05, 3.63) is 72.4 Å². The summed E-state index contributed by atoms with van der Waals surface area (Å²) in [6.07, 6.45) is 1.99. The maximum atomic E-state index is 5.79. The van der Waals surface area contributed by atoms with E-state index in [-0.39, 0.29) is 0 Å². The summed E-state index contributed by atoms with van der Waals surface area (Å²) in [6, 6.07) is 20.3. The summed E-state index contributed by atoms with van der Waals surface area (Å²) < 4.78 is 7.71. The van der Waals surface area contributed by atoms with Gasteiger partial charge in [-0.05, 0) is 24.6 Å². The molecule has 3 rings (SSSR count). The van der Waals surface area contributed by atoms with E-state index >= 15 is 0 Å². The molecule has 0 aliphatic carbocycles. The lowest BCUT2D eigenvalue weighted by Gasteiger charge is -2.08. The van der Waals surface area contributed by atoms with Crippen molar-refractivity contribution in [3.63, 3.8) is 0 Å². The molecule has 106 valence electrons. The second kappa shape index (κ2) is 6.27. The van der Waals surface area contributed by atoms with E-state index < -0.39 is 0 Å². The van der Waals surface area contributed by atoms with E-state index in [1.54, 1.807) is 0 Å². The van der Waals surface area contributed by atoms with Crippen molar-refractivity contribution in [2.24, 2.45) is 0 Å². The number of nitrogens with zero attached hydrogens (tertiary/aromatic N) is 2. The second-order valence-corrected chi connectivity index (χ2v) is 4.94. The first kappa shape index (κ1) is 13.4. The molecule has 0 unspecified atom stereocenters. The summed E-state index contributed by atoms with van der Waals surface area (Å²) in [6.45, 7) is 3.40. The van der Waals surface area contributed by atoms with Crippen molar-refractivity contribution in [2.45, 2.75) is 13.5 Å². The number of aryl methyl sites for hydroxylation is 1. The molecule has 1 aromatic heterocycles. The average molecular weight is 278 g/mol. The predicted octanol–water partition coefficient (Wildman–Crippen LogP) is 3.94. The maximum Gasteiger partial charge on any atom is 0.122 e. The molecule has 0 aliphatic heterocycles. The van der Waals surface area contributed by atoms with Gasteiger partial charge in [0.25, 0.3) is 0 Å². The Bertz CT molecular complexity index is 704. The zero-order valence-electron chi connectivity index (χ0n) is 12.1. The molecule has 3 aromatic rings. The van der Waals surface area contributed by atoms with Gasteiger partial charge in [-0.2, -0.15) is 5.10 Å². The van der Waals surface area contributed by atoms with Crippen LogP contribution in [-0.4, -0.2) is 16.4 Å². The molecule has 2 aromatic carbocycles. The first-order valence-electron chi connectivity index (χ1n) is 7.10. The summed E-state index contributed by atoms with van der Waals surface area (Å²) in [4.78, 5) is 0. The van der Waals surface area contributed by atoms with E-state index in [1.807, 2.05) is 53.3 Å². The van der Waals surface area contributed by atoms with E-state index in [0.29, 0.717) is 6.61 Å². The van der Waals surface area contributed by atoms with Crippen LogP contribution in [0.4, 0.5) is 0 Å². The fourth-order valence-corrected chi connectivity index (χ4v) is 2.22. The molecule has 0 saturated carbocycles. The lowest BCUT2D eigenvalue weighted by Crippen LogP contribution is -2.09. The number of hydrogen-bond donors (Lipinski definition) is 0. The Kier molecular flexibility index (Phi) is 4.01. The van der Waals surface area contributed by atoms with Crippen molar-refractivity contribution < 1.29 is 4.74 Å². The molecule has 0 aliphatic rings. The van der Waals surface area contributed by atoms with Gasteiger partial charge in [0.1, 0.15) is 12.4 Å². The molecule has 3 heteroatoms. The minimum Gasteiger partial charge on any atom is -0.491 e. The third kappa shape index (κ3) is 3.31. The quantitative estimate of drug-likeness (QED) is 0.707. The Balaban J connectivity index is 1.60. The van der Waals surface area contributed by atoms with Gasteiger partial charge in [0, 0.05) is 11.8 Å². The molecular weight excluding hydrogens is 260 g/mol. The van der Waals surface area contributed by atoms with Crippen LogP contribution >= 0.6 is 0 Å². The molecular formula is C18H18N2O. The van der Waals surface area contributed by atoms with Gasteiger partial charge in [-0.25, -0.2) is 0 Å². The first-order chi connectivity index (χ1) is 10.3. The van der Waals surface area contributed by atoms with Gasteiger partial charge >= 0.3 is 0 Å². The third-order valence-corrected chi connectivity index (χ3v) is 3.38. The minimum absolute atomic E-state index is 0.612. The van der Waals surface area contributed by atoms with Crippen molar-refractivity contribution >= 4 is 0 Å². The fourth-order valence-electron chi connectivity index (χ4n) is 2.22. The van der Waals surface area contributed by atoms with E-state index in [0.717, 1.165) is 29.1 Å². The zero-order valence-corrected chi connectivity index (χ0v) is 12.1. The number of para-hydroxylation sites is 1. The normalized spacial score (nSPS) is 10.5. The van der Waals surface area contributed by atoms with Crippen LogP contribution in [0.25, 0.3) is 11.3 Å². The van der Waals surface area contributed by atoms with Crippen LogP contribution in [-0.2, 0) is 6.54 Å². The number of aromatic nitrogens is 2. The van der Waals surface area contributed by atoms with Gasteiger partial charge in [0.05, 0.1) is 12.2 Å². The maximum absolute atomic E-state index is 5.79. The Labute approximate surface area is 124 Å². The second-order valence-electron chi connectivity index (χ2n) is 4.94. The Morgan fingerprint density at radius 1 is 0.952 bits per heavy atom. The van der Waals surface area contributed by atoms with Crippen LogP contribution in [0.3, 0.4) is 0 Å². The van der Waals surface area contributed by atoms with E-state index in [4.69, 9.17) is 4.74 Å². The van der Waals surface area contributed by atoms with Crippen LogP contribution in [0.15, 0.2) is 66.9 Å². The summed E-state index contributed by atoms with van der Waals surface area (Å²) in [5, 5.41) is 4.57. The summed E-state index contributed by atoms with van der Waals surface area (Å²) >= 11 is 0. The molecule has 0 spiro atoms. The highest BCUT2D eigenvalue weighted by Gasteiger charge is 2.02. The van der Waals surface area contributed by atoms with Crippen LogP contribution in [0, 0.1) is 6.92 Å². The van der Waals surface area contributed by atoms with E-state index in [2.05, 4.69) is 30.2 Å². The average Bonchev–Trinajstić information content (AvgIpc) is 2.99. The number of ether oxygens (including phenoxy) is 1. The van der Waals surface area contributed by atoms with Crippen molar-refractivity contribution in [1.82, 2.24) is 9.78 Å². The van der Waals surface area contributed by atoms with E-state index in [1.165, 1.54) is 0 Å². The largest absolute Gasteiger partial charge is 0.491 e. The number of benzene rings is 2. The van der Waals surface area contributed by atoms with Crippen LogP contribution in [0.5, 0.6) is 5.75 Å². The van der Waals surface area contributed by atoms with Crippen molar-refractivity contribution in [1.29, 1.82) is 0 Å². The van der Waals surface area contributed by atoms with Crippen LogP contribution < -0.4 is 4.74 Å². The Hall–Kier alpha value is -2.55. The molecule has 1 heterocycles. The zero-order chi connectivity index (χ0) is 14.5. The van der Waals surface area contributed by atoms with Crippen LogP contribution in [0.2, 0.25) is 0 Å². The summed E-state index contributed by atoms with van der Waals surface area (Å²) in [5.74, 6) is 0.938. The van der Waals surface area contributed by atoms with Gasteiger partial charge < -0.3 is 4.74 Å². The van der Waals surface area contributed by atoms with Gasteiger partial charge in [-0.1, -0.05) is 48.5 Å². The van der Waals surface area contributed by atoms with Gasteiger partial charge in [0.15, 0.2) is 0 Å². The highest BCUT2D eigenvalue weighted by atomic mass is 16.5. The van der Waals surface area contributed by atoms with Crippen LogP contribution in [0.1, 0.15) is 5.56 Å². The molecule has 0 radical (unpaired) electrons. The fraction of sp³-hybridized carbons (Fsp3) is 0.167. The van der Waals surface area contributed by atoms with Crippen molar-refractivity contribution in [2.75, 3.05) is 6.61 Å². The number of rotatable bonds is 5. The SMILES string of the molecule is Cc1ccccc1OCCn1ccc(-c2ccccc2)n1. The predicted molar refractivity (Wildman–Crippen MR) is 84.3 cm³/mol. The minimum atomic E-state index is 0.612. The molecule has 0 N–H and O–H groups in total. The molecule has 0 bridgehead atoms.